The molecule has 0 spiro atoms. The molecule has 10 heteroatoms. The van der Waals surface area contributed by atoms with Crippen LogP contribution in [0.3, 0.4) is 0 Å². The standard InChI is InChI=1S/C16H16ClFIN5O2/c1-6-4-22(3)5-8-15(25)20-12-9-13(11(18)7(2)10(12)17)24(19)16(26)21-14(9)23(6)8/h6,8H,4-5H2,1-3H3,(H,20,25). The Balaban J connectivity index is 2.17. The van der Waals surface area contributed by atoms with Crippen molar-refractivity contribution >= 4 is 62.8 Å². The Morgan fingerprint density at radius 1 is 1.35 bits per heavy atom. The number of aromatic nitrogens is 2. The first-order valence-electron chi connectivity index (χ1n) is 8.10. The van der Waals surface area contributed by atoms with Crippen molar-refractivity contribution in [3.05, 3.63) is 26.9 Å². The molecule has 1 N–H and O–H groups in total. The number of piperazine rings is 1. The number of likely N-dealkylation sites (N-methyl/N-ethyl adjacent to an activating group) is 1. The number of nitrogens with one attached hydrogen (secondary N) is 1. The lowest BCUT2D eigenvalue weighted by molar-refractivity contribution is -0.118. The Morgan fingerprint density at radius 2 is 2.04 bits per heavy atom. The zero-order valence-corrected chi connectivity index (χ0v) is 17.2. The summed E-state index contributed by atoms with van der Waals surface area (Å²) in [6.45, 7) is 4.64. The SMILES string of the molecule is Cc1c(Cl)c2c3c(nc(=O)n(I)c3c1F)N1C(C)CN(C)CC1C(=O)N2. The fourth-order valence-electron chi connectivity index (χ4n) is 3.87. The fraction of sp³-hybridized carbons (Fsp3) is 0.438. The molecule has 1 aromatic heterocycles. The molecule has 3 heterocycles. The molecule has 2 aliphatic rings. The van der Waals surface area contributed by atoms with Crippen molar-refractivity contribution in [3.8, 4) is 0 Å². The molecule has 1 aromatic carbocycles. The van der Waals surface area contributed by atoms with Crippen LogP contribution in [-0.2, 0) is 4.79 Å². The van der Waals surface area contributed by atoms with Gasteiger partial charge in [0.1, 0.15) is 17.4 Å². The van der Waals surface area contributed by atoms with Crippen molar-refractivity contribution in [1.82, 2.24) is 12.7 Å². The third kappa shape index (κ3) is 2.36. The second-order valence-electron chi connectivity index (χ2n) is 6.83. The van der Waals surface area contributed by atoms with Gasteiger partial charge in [-0.25, -0.2) is 12.0 Å². The molecule has 2 aromatic rings. The van der Waals surface area contributed by atoms with E-state index in [0.717, 1.165) is 2.78 Å². The average Bonchev–Trinajstić information content (AvgIpc) is 2.69. The minimum atomic E-state index is -0.585. The molecule has 0 aliphatic carbocycles. The zero-order chi connectivity index (χ0) is 18.9. The first-order valence-corrected chi connectivity index (χ1v) is 9.44. The van der Waals surface area contributed by atoms with Gasteiger partial charge in [-0.15, -0.1) is 0 Å². The summed E-state index contributed by atoms with van der Waals surface area (Å²) in [6.07, 6.45) is 0. The first kappa shape index (κ1) is 17.9. The smallest absolute Gasteiger partial charge is 0.338 e. The van der Waals surface area contributed by atoms with E-state index < -0.39 is 17.5 Å². The van der Waals surface area contributed by atoms with Gasteiger partial charge >= 0.3 is 5.69 Å². The maximum atomic E-state index is 15.0. The van der Waals surface area contributed by atoms with Gasteiger partial charge in [0.15, 0.2) is 5.82 Å². The van der Waals surface area contributed by atoms with Crippen LogP contribution in [0.25, 0.3) is 10.9 Å². The fourth-order valence-corrected chi connectivity index (χ4v) is 4.65. The van der Waals surface area contributed by atoms with Crippen molar-refractivity contribution in [3.63, 3.8) is 0 Å². The Morgan fingerprint density at radius 3 is 2.73 bits per heavy atom. The third-order valence-corrected chi connectivity index (χ3v) is 6.40. The molecule has 0 bridgehead atoms. The van der Waals surface area contributed by atoms with E-state index in [-0.39, 0.29) is 28.1 Å². The molecule has 0 radical (unpaired) electrons. The maximum absolute atomic E-state index is 15.0. The quantitative estimate of drug-likeness (QED) is 0.572. The van der Waals surface area contributed by atoms with E-state index in [4.69, 9.17) is 11.6 Å². The van der Waals surface area contributed by atoms with Crippen LogP contribution in [0.4, 0.5) is 15.9 Å². The Hall–Kier alpha value is -1.46. The van der Waals surface area contributed by atoms with E-state index in [2.05, 4.69) is 10.3 Å². The number of nitrogens with zero attached hydrogens (tertiary/aromatic N) is 4. The summed E-state index contributed by atoms with van der Waals surface area (Å²) in [5.41, 5.74) is -0.00677. The lowest BCUT2D eigenvalue weighted by Gasteiger charge is -2.43. The summed E-state index contributed by atoms with van der Waals surface area (Å²) >= 11 is 8.10. The number of rotatable bonds is 0. The second-order valence-corrected chi connectivity index (χ2v) is 8.18. The summed E-state index contributed by atoms with van der Waals surface area (Å²) in [5, 5.41) is 3.33. The highest BCUT2D eigenvalue weighted by atomic mass is 127. The number of fused-ring (bicyclic) bond motifs is 2. The number of halogens is 3. The lowest BCUT2D eigenvalue weighted by Crippen LogP contribution is -2.60. The number of anilines is 2. The number of hydrogen-bond donors (Lipinski definition) is 1. The van der Waals surface area contributed by atoms with E-state index in [1.165, 1.54) is 6.92 Å². The zero-order valence-electron chi connectivity index (χ0n) is 14.3. The van der Waals surface area contributed by atoms with Gasteiger partial charge in [-0.2, -0.15) is 4.98 Å². The van der Waals surface area contributed by atoms with Gasteiger partial charge in [0.25, 0.3) is 0 Å². The van der Waals surface area contributed by atoms with Crippen molar-refractivity contribution in [1.29, 1.82) is 0 Å². The molecule has 26 heavy (non-hydrogen) atoms. The van der Waals surface area contributed by atoms with Crippen molar-refractivity contribution in [2.75, 3.05) is 30.4 Å². The van der Waals surface area contributed by atoms with Gasteiger partial charge in [0.2, 0.25) is 5.91 Å². The largest absolute Gasteiger partial charge is 0.359 e. The minimum absolute atomic E-state index is 0.0845. The van der Waals surface area contributed by atoms with Crippen LogP contribution in [0.2, 0.25) is 5.02 Å². The molecule has 0 saturated carbocycles. The van der Waals surface area contributed by atoms with Gasteiger partial charge in [0.05, 0.1) is 39.0 Å². The Kier molecular flexibility index (Phi) is 4.16. The topological polar surface area (TPSA) is 70.5 Å². The van der Waals surface area contributed by atoms with Crippen molar-refractivity contribution in [2.24, 2.45) is 0 Å². The Bertz CT molecular complexity index is 1030. The van der Waals surface area contributed by atoms with Gasteiger partial charge in [-0.1, -0.05) is 11.6 Å². The van der Waals surface area contributed by atoms with Crippen LogP contribution < -0.4 is 15.9 Å². The van der Waals surface area contributed by atoms with Crippen LogP contribution in [-0.4, -0.2) is 50.8 Å². The van der Waals surface area contributed by atoms with Gasteiger partial charge in [-0.3, -0.25) is 4.79 Å². The van der Waals surface area contributed by atoms with Crippen LogP contribution in [0.5, 0.6) is 0 Å². The molecule has 138 valence electrons. The van der Waals surface area contributed by atoms with E-state index >= 15 is 4.39 Å². The number of carbonyl (C=O) groups is 1. The summed E-state index contributed by atoms with van der Waals surface area (Å²) < 4.78 is 16.1. The third-order valence-electron chi connectivity index (χ3n) is 5.03. The highest BCUT2D eigenvalue weighted by Gasteiger charge is 2.41. The lowest BCUT2D eigenvalue weighted by atomic mass is 10.1. The van der Waals surface area contributed by atoms with E-state index in [1.54, 1.807) is 22.9 Å². The number of benzene rings is 1. The molecule has 1 saturated heterocycles. The summed E-state index contributed by atoms with van der Waals surface area (Å²) in [6, 6.07) is -0.630. The summed E-state index contributed by atoms with van der Waals surface area (Å²) in [7, 11) is 1.93. The summed E-state index contributed by atoms with van der Waals surface area (Å²) in [4.78, 5) is 33.4. The summed E-state index contributed by atoms with van der Waals surface area (Å²) in [5.74, 6) is -0.529. The first-order chi connectivity index (χ1) is 12.2. The molecule has 2 unspecified atom stereocenters. The van der Waals surface area contributed by atoms with E-state index in [9.17, 15) is 9.59 Å². The van der Waals surface area contributed by atoms with E-state index in [1.807, 2.05) is 23.8 Å². The second kappa shape index (κ2) is 6.03. The molecule has 1 fully saturated rings. The highest BCUT2D eigenvalue weighted by molar-refractivity contribution is 14.1. The van der Waals surface area contributed by atoms with E-state index in [0.29, 0.717) is 30.0 Å². The predicted molar refractivity (Wildman–Crippen MR) is 107 cm³/mol. The van der Waals surface area contributed by atoms with Crippen LogP contribution in [0, 0.1) is 12.7 Å². The average molecular weight is 492 g/mol. The number of hydrogen-bond acceptors (Lipinski definition) is 5. The molecule has 7 nitrogen and oxygen atoms in total. The number of amides is 1. The van der Waals surface area contributed by atoms with Gasteiger partial charge < -0.3 is 15.1 Å². The molecular formula is C16H16ClFIN5O2. The maximum Gasteiger partial charge on any atom is 0.359 e. The minimum Gasteiger partial charge on any atom is -0.338 e. The molecule has 4 rings (SSSR count). The molecule has 2 atom stereocenters. The van der Waals surface area contributed by atoms with Crippen LogP contribution in [0.15, 0.2) is 4.79 Å². The highest BCUT2D eigenvalue weighted by Crippen LogP contribution is 2.43. The monoisotopic (exact) mass is 491 g/mol. The van der Waals surface area contributed by atoms with Gasteiger partial charge in [0, 0.05) is 24.7 Å². The molecular weight excluding hydrogens is 476 g/mol. The molecule has 2 aliphatic heterocycles. The van der Waals surface area contributed by atoms with Gasteiger partial charge in [-0.05, 0) is 20.9 Å². The van der Waals surface area contributed by atoms with Crippen LogP contribution in [0.1, 0.15) is 12.5 Å². The predicted octanol–water partition coefficient (Wildman–Crippen LogP) is 2.16. The molecule has 1 amide bonds. The Labute approximate surface area is 167 Å². The van der Waals surface area contributed by atoms with Crippen molar-refractivity contribution in [2.45, 2.75) is 25.9 Å². The number of carbonyl (C=O) groups excluding carboxylic acids is 1. The normalized spacial score (nSPS) is 23.0. The van der Waals surface area contributed by atoms with Crippen molar-refractivity contribution < 1.29 is 9.18 Å². The van der Waals surface area contributed by atoms with Crippen LogP contribution >= 0.6 is 34.5 Å².